The summed E-state index contributed by atoms with van der Waals surface area (Å²) in [6, 6.07) is -1.10. The summed E-state index contributed by atoms with van der Waals surface area (Å²) < 4.78 is 48.9. The highest BCUT2D eigenvalue weighted by Gasteiger charge is 2.25. The van der Waals surface area contributed by atoms with Crippen LogP contribution in [0.4, 0.5) is 0 Å². The molecule has 0 saturated heterocycles. The van der Waals surface area contributed by atoms with Crippen molar-refractivity contribution in [3.63, 3.8) is 0 Å². The maximum atomic E-state index is 11.1. The van der Waals surface area contributed by atoms with Crippen molar-refractivity contribution in [2.24, 2.45) is 0 Å². The van der Waals surface area contributed by atoms with Gasteiger partial charge in [-0.05, 0) is 0 Å². The van der Waals surface area contributed by atoms with Crippen molar-refractivity contribution < 1.29 is 16.8 Å². The second kappa shape index (κ2) is 6.64. The van der Waals surface area contributed by atoms with Gasteiger partial charge in [0.15, 0.2) is 0 Å². The van der Waals surface area contributed by atoms with Gasteiger partial charge in [0.25, 0.3) is 0 Å². The van der Waals surface area contributed by atoms with Gasteiger partial charge in [0.05, 0.1) is 12.5 Å². The van der Waals surface area contributed by atoms with Gasteiger partial charge in [0.2, 0.25) is 20.0 Å². The van der Waals surface area contributed by atoms with Crippen molar-refractivity contribution in [1.82, 2.24) is 9.44 Å². The summed E-state index contributed by atoms with van der Waals surface area (Å²) in [5.41, 5.74) is 0. The highest BCUT2D eigenvalue weighted by atomic mass is 79.9. The van der Waals surface area contributed by atoms with Crippen molar-refractivity contribution in [2.75, 3.05) is 23.2 Å². The highest BCUT2D eigenvalue weighted by molar-refractivity contribution is 9.09. The molecule has 0 saturated carbocycles. The Bertz CT molecular complexity index is 368. The maximum Gasteiger partial charge on any atom is 0.209 e. The Labute approximate surface area is 113 Å². The van der Waals surface area contributed by atoms with Crippen molar-refractivity contribution in [3.05, 3.63) is 0 Å². The van der Waals surface area contributed by atoms with Gasteiger partial charge in [0, 0.05) is 22.7 Å². The number of halogens is 2. The SMILES string of the molecule is CS(=O)(=O)N[C@@H](CBr)[C@@H](CBr)NS(C)(=O)=O. The lowest BCUT2D eigenvalue weighted by atomic mass is 10.2. The molecule has 0 aliphatic carbocycles. The summed E-state index contributed by atoms with van der Waals surface area (Å²) in [5, 5.41) is 0.609. The van der Waals surface area contributed by atoms with Crippen LogP contribution < -0.4 is 9.44 Å². The minimum Gasteiger partial charge on any atom is -0.213 e. The predicted molar refractivity (Wildman–Crippen MR) is 71.1 cm³/mol. The Morgan fingerprint density at radius 2 is 1.12 bits per heavy atom. The van der Waals surface area contributed by atoms with Gasteiger partial charge in [-0.2, -0.15) is 0 Å². The molecular weight excluding hydrogens is 388 g/mol. The first-order chi connectivity index (χ1) is 7.09. The molecule has 0 fully saturated rings. The number of hydrogen-bond acceptors (Lipinski definition) is 4. The highest BCUT2D eigenvalue weighted by Crippen LogP contribution is 2.05. The fraction of sp³-hybridized carbons (Fsp3) is 1.00. The van der Waals surface area contributed by atoms with E-state index in [9.17, 15) is 16.8 Å². The number of hydrogen-bond donors (Lipinski definition) is 2. The average molecular weight is 402 g/mol. The monoisotopic (exact) mass is 400 g/mol. The second-order valence-corrected chi connectivity index (χ2v) is 8.16. The molecule has 2 atom stereocenters. The van der Waals surface area contributed by atoms with Crippen LogP contribution in [0.25, 0.3) is 0 Å². The van der Waals surface area contributed by atoms with Gasteiger partial charge in [-0.3, -0.25) is 0 Å². The van der Waals surface area contributed by atoms with E-state index in [1.807, 2.05) is 0 Å². The molecule has 0 heterocycles. The average Bonchev–Trinajstić information content (AvgIpc) is 2.07. The fourth-order valence-corrected chi connectivity index (χ4v) is 4.24. The van der Waals surface area contributed by atoms with Crippen LogP contribution in [0.5, 0.6) is 0 Å². The van der Waals surface area contributed by atoms with Crippen LogP contribution in [0, 0.1) is 0 Å². The van der Waals surface area contributed by atoms with Crippen molar-refractivity contribution in [3.8, 4) is 0 Å². The first-order valence-corrected chi connectivity index (χ1v) is 10.2. The fourth-order valence-electron chi connectivity index (χ4n) is 0.992. The Kier molecular flexibility index (Phi) is 6.97. The molecule has 0 bridgehead atoms. The minimum absolute atomic E-state index is 0.304. The van der Waals surface area contributed by atoms with Crippen LogP contribution in [0.15, 0.2) is 0 Å². The van der Waals surface area contributed by atoms with Gasteiger partial charge >= 0.3 is 0 Å². The molecule has 2 N–H and O–H groups in total. The van der Waals surface area contributed by atoms with E-state index in [0.717, 1.165) is 12.5 Å². The Morgan fingerprint density at radius 1 is 0.875 bits per heavy atom. The number of rotatable bonds is 7. The first kappa shape index (κ1) is 16.8. The largest absolute Gasteiger partial charge is 0.213 e. The summed E-state index contributed by atoms with van der Waals surface area (Å²) in [6.07, 6.45) is 2.04. The third kappa shape index (κ3) is 7.96. The van der Waals surface area contributed by atoms with E-state index in [4.69, 9.17) is 0 Å². The summed E-state index contributed by atoms with van der Waals surface area (Å²) in [6.45, 7) is 0. The minimum atomic E-state index is -3.38. The molecule has 0 radical (unpaired) electrons. The van der Waals surface area contributed by atoms with Crippen LogP contribution in [0.3, 0.4) is 0 Å². The summed E-state index contributed by atoms with van der Waals surface area (Å²) in [7, 11) is -6.76. The zero-order valence-corrected chi connectivity index (χ0v) is 13.6. The van der Waals surface area contributed by atoms with Crippen molar-refractivity contribution in [1.29, 1.82) is 0 Å². The smallest absolute Gasteiger partial charge is 0.209 e. The topological polar surface area (TPSA) is 92.3 Å². The van der Waals surface area contributed by atoms with E-state index in [0.29, 0.717) is 10.7 Å². The van der Waals surface area contributed by atoms with Crippen molar-refractivity contribution in [2.45, 2.75) is 12.1 Å². The van der Waals surface area contributed by atoms with E-state index in [2.05, 4.69) is 41.3 Å². The van der Waals surface area contributed by atoms with Crippen molar-refractivity contribution >= 4 is 51.9 Å². The quantitative estimate of drug-likeness (QED) is 0.568. The molecule has 0 unspecified atom stereocenters. The Hall–Kier alpha value is 0.780. The molecule has 16 heavy (non-hydrogen) atoms. The number of alkyl halides is 2. The molecule has 0 spiro atoms. The first-order valence-electron chi connectivity index (χ1n) is 4.15. The lowest BCUT2D eigenvalue weighted by Crippen LogP contribution is -2.53. The molecule has 6 nitrogen and oxygen atoms in total. The number of sulfonamides is 2. The molecule has 0 aromatic carbocycles. The molecule has 0 amide bonds. The zero-order valence-electron chi connectivity index (χ0n) is 8.77. The van der Waals surface area contributed by atoms with Gasteiger partial charge in [-0.15, -0.1) is 0 Å². The van der Waals surface area contributed by atoms with Crippen LogP contribution in [0.2, 0.25) is 0 Å². The van der Waals surface area contributed by atoms with Gasteiger partial charge < -0.3 is 0 Å². The van der Waals surface area contributed by atoms with E-state index in [1.165, 1.54) is 0 Å². The summed E-state index contributed by atoms with van der Waals surface area (Å²) in [5.74, 6) is 0. The molecular formula is C6H14Br2N2O4S2. The van der Waals surface area contributed by atoms with Gasteiger partial charge in [0.1, 0.15) is 0 Å². The molecule has 0 aromatic heterocycles. The Balaban J connectivity index is 4.77. The second-order valence-electron chi connectivity index (χ2n) is 3.30. The summed E-state index contributed by atoms with van der Waals surface area (Å²) >= 11 is 6.27. The molecule has 0 rings (SSSR count). The van der Waals surface area contributed by atoms with E-state index >= 15 is 0 Å². The molecule has 0 aliphatic rings. The van der Waals surface area contributed by atoms with Crippen LogP contribution in [0.1, 0.15) is 0 Å². The van der Waals surface area contributed by atoms with E-state index < -0.39 is 32.1 Å². The molecule has 98 valence electrons. The molecule has 0 aliphatic heterocycles. The van der Waals surface area contributed by atoms with Crippen LogP contribution in [-0.4, -0.2) is 52.1 Å². The van der Waals surface area contributed by atoms with Gasteiger partial charge in [-0.1, -0.05) is 31.9 Å². The van der Waals surface area contributed by atoms with Crippen LogP contribution in [-0.2, 0) is 20.0 Å². The lowest BCUT2D eigenvalue weighted by molar-refractivity contribution is 0.502. The standard InChI is InChI=1S/C6H14Br2N2O4S2/c1-15(11,12)9-5(3-7)6(4-8)10-16(2,13)14/h5-6,9-10H,3-4H2,1-2H3/t5-,6+. The number of nitrogens with one attached hydrogen (secondary N) is 2. The maximum absolute atomic E-state index is 11.1. The summed E-state index contributed by atoms with van der Waals surface area (Å²) in [4.78, 5) is 0. The Morgan fingerprint density at radius 3 is 1.25 bits per heavy atom. The van der Waals surface area contributed by atoms with E-state index in [1.54, 1.807) is 0 Å². The molecule has 10 heteroatoms. The predicted octanol–water partition coefficient (Wildman–Crippen LogP) is -0.388. The van der Waals surface area contributed by atoms with Gasteiger partial charge in [-0.25, -0.2) is 26.3 Å². The normalized spacial score (nSPS) is 17.0. The molecule has 0 aromatic rings. The lowest BCUT2D eigenvalue weighted by Gasteiger charge is -2.24. The third-order valence-electron chi connectivity index (χ3n) is 1.55. The zero-order chi connectivity index (χ0) is 13.0. The van der Waals surface area contributed by atoms with E-state index in [-0.39, 0.29) is 0 Å². The van der Waals surface area contributed by atoms with Crippen LogP contribution >= 0.6 is 31.9 Å². The third-order valence-corrected chi connectivity index (χ3v) is 4.41.